The molecule has 0 bridgehead atoms. The number of aromatic nitrogens is 3. The number of aromatic hydroxyl groups is 1. The summed E-state index contributed by atoms with van der Waals surface area (Å²) in [5, 5.41) is 18.8. The molecule has 1 aliphatic heterocycles. The minimum absolute atomic E-state index is 0.0572. The van der Waals surface area contributed by atoms with E-state index >= 15 is 0 Å². The fourth-order valence-corrected chi connectivity index (χ4v) is 2.71. The van der Waals surface area contributed by atoms with E-state index in [0.717, 1.165) is 6.07 Å². The highest BCUT2D eigenvalue weighted by atomic mass is 16.5. The third-order valence-electron chi connectivity index (χ3n) is 4.05. The number of ether oxygens (including phenoxy) is 1. The lowest BCUT2D eigenvalue weighted by Crippen LogP contribution is -2.53. The van der Waals surface area contributed by atoms with E-state index in [0.29, 0.717) is 6.61 Å². The molecule has 2 aromatic heterocycles. The fourth-order valence-electron chi connectivity index (χ4n) is 2.71. The van der Waals surface area contributed by atoms with Crippen molar-refractivity contribution in [2.45, 2.75) is 0 Å². The third kappa shape index (κ3) is 3.29. The zero-order chi connectivity index (χ0) is 19.7. The molecule has 0 saturated heterocycles. The number of carbonyl (C=O) groups is 2. The van der Waals surface area contributed by atoms with Crippen LogP contribution in [-0.4, -0.2) is 70.7 Å². The van der Waals surface area contributed by atoms with Crippen molar-refractivity contribution >= 4 is 17.6 Å². The molecule has 12 heteroatoms. The van der Waals surface area contributed by atoms with Gasteiger partial charge >= 0.3 is 0 Å². The van der Waals surface area contributed by atoms with Crippen molar-refractivity contribution in [2.24, 2.45) is 0 Å². The average Bonchev–Trinajstić information content (AvgIpc) is 3.03. The molecule has 0 saturated carbocycles. The first kappa shape index (κ1) is 18.3. The zero-order valence-corrected chi connectivity index (χ0v) is 14.6. The summed E-state index contributed by atoms with van der Waals surface area (Å²) in [6, 6.07) is 1.09. The van der Waals surface area contributed by atoms with E-state index in [9.17, 15) is 24.3 Å². The predicted octanol–water partition coefficient (Wildman–Crippen LogP) is -1.55. The maximum Gasteiger partial charge on any atom is 0.277 e. The molecule has 3 rings (SSSR count). The van der Waals surface area contributed by atoms with Crippen LogP contribution in [0, 0.1) is 0 Å². The number of rotatable bonds is 5. The molecule has 27 heavy (non-hydrogen) atoms. The van der Waals surface area contributed by atoms with Crippen LogP contribution in [0.3, 0.4) is 0 Å². The fraction of sp³-hybridized carbons (Fsp3) is 0.333. The lowest BCUT2D eigenvalue weighted by molar-refractivity contribution is 0.0629. The Kier molecular flexibility index (Phi) is 4.73. The number of amides is 2. The summed E-state index contributed by atoms with van der Waals surface area (Å²) in [7, 11) is 3.13. The number of hydrogen-bond donors (Lipinski definition) is 4. The zero-order valence-electron chi connectivity index (χ0n) is 14.6. The summed E-state index contributed by atoms with van der Waals surface area (Å²) in [4.78, 5) is 49.9. The maximum atomic E-state index is 12.6. The second kappa shape index (κ2) is 6.99. The van der Waals surface area contributed by atoms with Crippen molar-refractivity contribution in [3.8, 4) is 5.75 Å². The van der Waals surface area contributed by atoms with E-state index in [1.54, 1.807) is 12.1 Å². The van der Waals surface area contributed by atoms with Gasteiger partial charge in [0, 0.05) is 33.0 Å². The number of carbonyl (C=O) groups excluding carboxylic acids is 2. The first-order valence-electron chi connectivity index (χ1n) is 7.90. The molecule has 0 radical (unpaired) electrons. The Labute approximate surface area is 151 Å². The summed E-state index contributed by atoms with van der Waals surface area (Å²) in [6.45, 7) is 0.736. The van der Waals surface area contributed by atoms with Crippen molar-refractivity contribution < 1.29 is 19.4 Å². The molecule has 0 spiro atoms. The number of methoxy groups -OCH3 is 1. The Hall–Kier alpha value is -3.54. The van der Waals surface area contributed by atoms with Crippen LogP contribution >= 0.6 is 0 Å². The average molecular weight is 378 g/mol. The lowest BCUT2D eigenvalue weighted by Gasteiger charge is -2.37. The first-order valence-corrected chi connectivity index (χ1v) is 7.90. The van der Waals surface area contributed by atoms with Gasteiger partial charge in [-0.2, -0.15) is 0 Å². The highest BCUT2D eigenvalue weighted by molar-refractivity contribution is 6.05. The van der Waals surface area contributed by atoms with E-state index in [-0.39, 0.29) is 30.3 Å². The summed E-state index contributed by atoms with van der Waals surface area (Å²) in [5.41, 5.74) is -2.08. The molecule has 0 fully saturated rings. The number of hydrogen-bond acceptors (Lipinski definition) is 7. The SMILES string of the molecule is COCCN1CN(C)n2cc(C(=O)Nc3cc(=O)[nH][nH]3)c(=O)c(O)c2C1=O. The number of aromatic amines is 2. The van der Waals surface area contributed by atoms with Gasteiger partial charge in [0.15, 0.2) is 11.4 Å². The monoisotopic (exact) mass is 378 g/mol. The second-order valence-electron chi connectivity index (χ2n) is 5.90. The molecule has 144 valence electrons. The van der Waals surface area contributed by atoms with Gasteiger partial charge in [0.2, 0.25) is 5.43 Å². The first-order chi connectivity index (χ1) is 12.8. The minimum Gasteiger partial charge on any atom is -0.502 e. The number of pyridine rings is 1. The van der Waals surface area contributed by atoms with Crippen molar-refractivity contribution in [1.82, 2.24) is 19.8 Å². The standard InChI is InChI=1S/C15H18N6O6/c1-19-7-20(3-4-27-2)15(26)11-13(24)12(23)8(6-21(11)19)14(25)16-9-5-10(22)18-17-9/h5-6,24H,3-4,7H2,1-2H3,(H3,16,17,18,22,25). The highest BCUT2D eigenvalue weighted by Crippen LogP contribution is 2.20. The number of fused-ring (bicyclic) bond motifs is 1. The molecule has 2 aromatic rings. The second-order valence-corrected chi connectivity index (χ2v) is 5.90. The molecule has 1 aliphatic rings. The van der Waals surface area contributed by atoms with E-state index < -0.39 is 28.6 Å². The molecule has 3 heterocycles. The summed E-state index contributed by atoms with van der Waals surface area (Å²) in [5.74, 6) is -2.17. The van der Waals surface area contributed by atoms with Crippen molar-refractivity contribution in [3.63, 3.8) is 0 Å². The van der Waals surface area contributed by atoms with Crippen LogP contribution in [-0.2, 0) is 4.74 Å². The van der Waals surface area contributed by atoms with Gasteiger partial charge in [0.05, 0.1) is 6.61 Å². The van der Waals surface area contributed by atoms with Crippen LogP contribution in [0.5, 0.6) is 5.75 Å². The van der Waals surface area contributed by atoms with Crippen LogP contribution in [0.15, 0.2) is 21.9 Å². The largest absolute Gasteiger partial charge is 0.502 e. The number of anilines is 1. The number of nitrogens with zero attached hydrogens (tertiary/aromatic N) is 3. The van der Waals surface area contributed by atoms with E-state index in [4.69, 9.17) is 4.74 Å². The van der Waals surface area contributed by atoms with Crippen LogP contribution in [0.25, 0.3) is 0 Å². The van der Waals surface area contributed by atoms with Gasteiger partial charge in [-0.15, -0.1) is 0 Å². The van der Waals surface area contributed by atoms with Crippen LogP contribution < -0.4 is 21.3 Å². The van der Waals surface area contributed by atoms with E-state index in [2.05, 4.69) is 15.5 Å². The Morgan fingerprint density at radius 3 is 2.70 bits per heavy atom. The van der Waals surface area contributed by atoms with Crippen LogP contribution in [0.1, 0.15) is 20.8 Å². The molecular formula is C15H18N6O6. The minimum atomic E-state index is -0.994. The molecule has 0 aliphatic carbocycles. The van der Waals surface area contributed by atoms with Gasteiger partial charge in [0.1, 0.15) is 18.1 Å². The van der Waals surface area contributed by atoms with Gasteiger partial charge in [0.25, 0.3) is 17.4 Å². The Bertz CT molecular complexity index is 1000. The van der Waals surface area contributed by atoms with E-state index in [1.807, 2.05) is 0 Å². The smallest absolute Gasteiger partial charge is 0.277 e. The summed E-state index contributed by atoms with van der Waals surface area (Å²) >= 11 is 0. The molecule has 12 nitrogen and oxygen atoms in total. The third-order valence-corrected chi connectivity index (χ3v) is 4.05. The summed E-state index contributed by atoms with van der Waals surface area (Å²) in [6.07, 6.45) is 1.17. The molecule has 4 N–H and O–H groups in total. The van der Waals surface area contributed by atoms with Gasteiger partial charge in [-0.25, -0.2) is 0 Å². The lowest BCUT2D eigenvalue weighted by atomic mass is 10.1. The van der Waals surface area contributed by atoms with Gasteiger partial charge in [-0.1, -0.05) is 0 Å². The Morgan fingerprint density at radius 2 is 2.07 bits per heavy atom. The highest BCUT2D eigenvalue weighted by Gasteiger charge is 2.33. The topological polar surface area (TPSA) is 153 Å². The van der Waals surface area contributed by atoms with Crippen LogP contribution in [0.4, 0.5) is 5.82 Å². The van der Waals surface area contributed by atoms with Gasteiger partial charge in [-0.3, -0.25) is 39.1 Å². The molecule has 2 amide bonds. The van der Waals surface area contributed by atoms with Gasteiger partial charge in [-0.05, 0) is 0 Å². The quantitative estimate of drug-likeness (QED) is 0.491. The number of H-pyrrole nitrogens is 2. The molecule has 0 unspecified atom stereocenters. The maximum absolute atomic E-state index is 12.6. The number of nitrogens with one attached hydrogen (secondary N) is 3. The van der Waals surface area contributed by atoms with Crippen molar-refractivity contribution in [1.29, 1.82) is 0 Å². The van der Waals surface area contributed by atoms with Crippen molar-refractivity contribution in [2.75, 3.05) is 44.3 Å². The van der Waals surface area contributed by atoms with E-state index in [1.165, 1.54) is 22.9 Å². The normalized spacial score (nSPS) is 13.6. The Morgan fingerprint density at radius 1 is 1.33 bits per heavy atom. The van der Waals surface area contributed by atoms with Crippen molar-refractivity contribution in [3.05, 3.63) is 44.1 Å². The van der Waals surface area contributed by atoms with Gasteiger partial charge < -0.3 is 20.1 Å². The molecule has 0 atom stereocenters. The molecular weight excluding hydrogens is 360 g/mol. The molecule has 0 aromatic carbocycles. The van der Waals surface area contributed by atoms with Crippen LogP contribution in [0.2, 0.25) is 0 Å². The predicted molar refractivity (Wildman–Crippen MR) is 93.7 cm³/mol. The Balaban J connectivity index is 1.99. The summed E-state index contributed by atoms with van der Waals surface area (Å²) < 4.78 is 6.20.